The normalized spacial score (nSPS) is 20.5. The van der Waals surface area contributed by atoms with Crippen LogP contribution in [0, 0.1) is 0 Å². The van der Waals surface area contributed by atoms with Crippen molar-refractivity contribution in [1.82, 2.24) is 4.90 Å². The Balaban J connectivity index is 1.21. The molecule has 2 heteroatoms. The Morgan fingerprint density at radius 3 is 1.06 bits per heavy atom. The monoisotopic (exact) mass is 657 g/mol. The van der Waals surface area contributed by atoms with Crippen molar-refractivity contribution in [2.45, 2.75) is 49.9 Å². The van der Waals surface area contributed by atoms with Crippen molar-refractivity contribution in [2.24, 2.45) is 0 Å². The van der Waals surface area contributed by atoms with Crippen LogP contribution in [0.1, 0.15) is 72.1 Å². The van der Waals surface area contributed by atoms with Crippen LogP contribution in [0.15, 0.2) is 170 Å². The Morgan fingerprint density at radius 1 is 0.353 bits per heavy atom. The zero-order valence-corrected chi connectivity index (χ0v) is 28.8. The predicted molar refractivity (Wildman–Crippen MR) is 213 cm³/mol. The van der Waals surface area contributed by atoms with E-state index in [0.29, 0.717) is 0 Å². The van der Waals surface area contributed by atoms with E-state index in [1.54, 1.807) is 0 Å². The van der Waals surface area contributed by atoms with Crippen LogP contribution in [0.4, 0.5) is 0 Å². The third-order valence-electron chi connectivity index (χ3n) is 11.9. The second-order valence-electron chi connectivity index (χ2n) is 14.5. The standard InChI is InChI=1S/C49H41N2/c1-5-21-38-34(13-1)17-9-25-42(38)46-29-30-47(43-26-10-18-35-14-2-6-22-39(35)43)50(46)33-51-48(44-27-11-19-36-15-3-7-23-40(36)44)31-32-49(51)45-28-12-20-37-16-4-8-24-41(37)45/h1-28,33,46-49H,29-32H2/q+1/t46-,47-,48-,49-/m1/s1. The summed E-state index contributed by atoms with van der Waals surface area (Å²) in [6, 6.07) is 64.4. The van der Waals surface area contributed by atoms with Crippen molar-refractivity contribution in [2.75, 3.05) is 0 Å². The first-order valence-electron chi connectivity index (χ1n) is 18.6. The number of benzene rings is 8. The molecule has 8 aromatic carbocycles. The molecule has 2 aliphatic rings. The molecule has 2 fully saturated rings. The van der Waals surface area contributed by atoms with E-state index in [2.05, 4.69) is 186 Å². The van der Waals surface area contributed by atoms with Gasteiger partial charge in [0.05, 0.1) is 0 Å². The smallest absolute Gasteiger partial charge is 0.236 e. The summed E-state index contributed by atoms with van der Waals surface area (Å²) in [6.45, 7) is 0. The van der Waals surface area contributed by atoms with Gasteiger partial charge in [-0.05, 0) is 68.8 Å². The minimum atomic E-state index is 0.252. The van der Waals surface area contributed by atoms with E-state index in [9.17, 15) is 0 Å². The molecule has 4 atom stereocenters. The Kier molecular flexibility index (Phi) is 7.41. The van der Waals surface area contributed by atoms with Gasteiger partial charge in [-0.3, -0.25) is 9.48 Å². The second-order valence-corrected chi connectivity index (χ2v) is 14.5. The molecule has 0 aliphatic carbocycles. The second kappa shape index (κ2) is 12.5. The average Bonchev–Trinajstić information content (AvgIpc) is 3.81. The van der Waals surface area contributed by atoms with Crippen LogP contribution in [0.5, 0.6) is 0 Å². The van der Waals surface area contributed by atoms with Gasteiger partial charge in [-0.25, -0.2) is 0 Å². The molecule has 0 aromatic heterocycles. The zero-order valence-electron chi connectivity index (χ0n) is 28.8. The van der Waals surface area contributed by atoms with Crippen LogP contribution in [-0.2, 0) is 0 Å². The van der Waals surface area contributed by atoms with E-state index < -0.39 is 0 Å². The lowest BCUT2D eigenvalue weighted by atomic mass is 9.97. The number of hydrogen-bond donors (Lipinski definition) is 0. The van der Waals surface area contributed by atoms with Gasteiger partial charge in [0.15, 0.2) is 0 Å². The van der Waals surface area contributed by atoms with E-state index >= 15 is 0 Å². The van der Waals surface area contributed by atoms with Crippen molar-refractivity contribution < 1.29 is 4.58 Å². The molecule has 0 amide bonds. The van der Waals surface area contributed by atoms with Gasteiger partial charge in [0.2, 0.25) is 6.34 Å². The van der Waals surface area contributed by atoms with E-state index in [1.165, 1.54) is 65.3 Å². The highest BCUT2D eigenvalue weighted by Crippen LogP contribution is 2.49. The predicted octanol–water partition coefficient (Wildman–Crippen LogP) is 12.5. The molecule has 0 bridgehead atoms. The fourth-order valence-electron chi connectivity index (χ4n) is 9.57. The first-order valence-corrected chi connectivity index (χ1v) is 18.6. The van der Waals surface area contributed by atoms with Gasteiger partial charge in [-0.15, -0.1) is 0 Å². The maximum atomic E-state index is 2.77. The minimum Gasteiger partial charge on any atom is -0.254 e. The molecule has 0 radical (unpaired) electrons. The Bertz CT molecular complexity index is 2400. The molecule has 2 nitrogen and oxygen atoms in total. The van der Waals surface area contributed by atoms with Gasteiger partial charge in [0.1, 0.15) is 24.2 Å². The lowest BCUT2D eigenvalue weighted by molar-refractivity contribution is -0.590. The largest absolute Gasteiger partial charge is 0.254 e. The summed E-state index contributed by atoms with van der Waals surface area (Å²) in [4.78, 5) is 2.77. The third-order valence-corrected chi connectivity index (χ3v) is 11.9. The molecule has 246 valence electrons. The van der Waals surface area contributed by atoms with Crippen molar-refractivity contribution in [1.29, 1.82) is 0 Å². The first kappa shape index (κ1) is 30.1. The van der Waals surface area contributed by atoms with Crippen molar-refractivity contribution in [3.05, 3.63) is 192 Å². The molecule has 2 heterocycles. The lowest BCUT2D eigenvalue weighted by Crippen LogP contribution is -2.32. The molecule has 10 rings (SSSR count). The van der Waals surface area contributed by atoms with Gasteiger partial charge in [-0.2, -0.15) is 0 Å². The SMILES string of the molecule is C(N1[C@@H](c2cccc3ccccc23)CC[C@@H]1c1cccc2ccccc12)=[N+]1[C@@H](c2cccc3ccccc23)CC[C@@H]1c1cccc2ccccc12. The third kappa shape index (κ3) is 5.12. The average molecular weight is 658 g/mol. The van der Waals surface area contributed by atoms with Crippen LogP contribution < -0.4 is 0 Å². The molecular formula is C49H41N2+. The van der Waals surface area contributed by atoms with E-state index in [-0.39, 0.29) is 24.2 Å². The number of likely N-dealkylation sites (tertiary alicyclic amines) is 1. The molecule has 51 heavy (non-hydrogen) atoms. The number of hydrogen-bond acceptors (Lipinski definition) is 0. The highest BCUT2D eigenvalue weighted by molar-refractivity contribution is 5.89. The lowest BCUT2D eigenvalue weighted by Gasteiger charge is -2.28. The summed E-state index contributed by atoms with van der Waals surface area (Å²) < 4.78 is 2.77. The summed E-state index contributed by atoms with van der Waals surface area (Å²) in [5, 5.41) is 10.7. The highest BCUT2D eigenvalue weighted by Gasteiger charge is 2.44. The zero-order chi connectivity index (χ0) is 33.7. The van der Waals surface area contributed by atoms with Gasteiger partial charge < -0.3 is 0 Å². The summed E-state index contributed by atoms with van der Waals surface area (Å²) in [6.07, 6.45) is 7.00. The quantitative estimate of drug-likeness (QED) is 0.132. The first-order chi connectivity index (χ1) is 25.3. The molecular weight excluding hydrogens is 617 g/mol. The molecule has 0 unspecified atom stereocenters. The van der Waals surface area contributed by atoms with E-state index in [0.717, 1.165) is 25.7 Å². The molecule has 0 N–H and O–H groups in total. The van der Waals surface area contributed by atoms with Gasteiger partial charge >= 0.3 is 0 Å². The Labute approximate surface area is 299 Å². The summed E-state index contributed by atoms with van der Waals surface area (Å²) in [5.41, 5.74) is 5.70. The number of rotatable bonds is 5. The Morgan fingerprint density at radius 2 is 0.667 bits per heavy atom. The fourth-order valence-corrected chi connectivity index (χ4v) is 9.57. The molecule has 0 spiro atoms. The van der Waals surface area contributed by atoms with Crippen molar-refractivity contribution >= 4 is 49.4 Å². The molecule has 8 aromatic rings. The molecule has 2 aliphatic heterocycles. The molecule has 2 saturated heterocycles. The van der Waals surface area contributed by atoms with Crippen LogP contribution in [0.25, 0.3) is 43.1 Å². The van der Waals surface area contributed by atoms with Crippen LogP contribution in [-0.4, -0.2) is 15.8 Å². The number of nitrogens with zero attached hydrogens (tertiary/aromatic N) is 2. The van der Waals surface area contributed by atoms with Crippen molar-refractivity contribution in [3.8, 4) is 0 Å². The summed E-state index contributed by atoms with van der Waals surface area (Å²) in [7, 11) is 0. The van der Waals surface area contributed by atoms with E-state index in [1.807, 2.05) is 0 Å². The minimum absolute atomic E-state index is 0.252. The number of fused-ring (bicyclic) bond motifs is 4. The maximum Gasteiger partial charge on any atom is 0.236 e. The fraction of sp³-hybridized carbons (Fsp3) is 0.163. The van der Waals surface area contributed by atoms with Crippen LogP contribution in [0.3, 0.4) is 0 Å². The summed E-state index contributed by atoms with van der Waals surface area (Å²) >= 11 is 0. The van der Waals surface area contributed by atoms with Crippen molar-refractivity contribution in [3.63, 3.8) is 0 Å². The van der Waals surface area contributed by atoms with Crippen LogP contribution in [0.2, 0.25) is 0 Å². The van der Waals surface area contributed by atoms with Crippen LogP contribution >= 0.6 is 0 Å². The van der Waals surface area contributed by atoms with Gasteiger partial charge in [-0.1, -0.05) is 170 Å². The Hall–Kier alpha value is -5.73. The van der Waals surface area contributed by atoms with Gasteiger partial charge in [0.25, 0.3) is 0 Å². The highest BCUT2D eigenvalue weighted by atomic mass is 15.3. The van der Waals surface area contributed by atoms with Gasteiger partial charge in [0, 0.05) is 22.3 Å². The topological polar surface area (TPSA) is 6.25 Å². The molecule has 0 saturated carbocycles. The summed E-state index contributed by atoms with van der Waals surface area (Å²) in [5.74, 6) is 0. The van der Waals surface area contributed by atoms with E-state index in [4.69, 9.17) is 0 Å². The maximum absolute atomic E-state index is 2.77.